The van der Waals surface area contributed by atoms with E-state index in [1.165, 1.54) is 7.11 Å². The van der Waals surface area contributed by atoms with E-state index in [1.807, 2.05) is 91.0 Å². The Bertz CT molecular complexity index is 1230. The second-order valence-corrected chi connectivity index (χ2v) is 8.79. The number of methoxy groups -OCH3 is 1. The summed E-state index contributed by atoms with van der Waals surface area (Å²) < 4.78 is 5.19. The van der Waals surface area contributed by atoms with E-state index in [-0.39, 0.29) is 6.42 Å². The number of carbonyl (C=O) groups is 2. The first-order valence-corrected chi connectivity index (χ1v) is 11.9. The molecule has 0 aliphatic carbocycles. The van der Waals surface area contributed by atoms with Gasteiger partial charge in [0.25, 0.3) is 0 Å². The third-order valence-electron chi connectivity index (χ3n) is 6.22. The number of aliphatic carboxylic acids is 1. The summed E-state index contributed by atoms with van der Waals surface area (Å²) in [5.74, 6) is -1.08. The number of ether oxygens (including phenoxy) is 1. The lowest BCUT2D eigenvalue weighted by molar-refractivity contribution is -0.142. The number of carboxylic acid groups (broad SMARTS) is 1. The highest BCUT2D eigenvalue weighted by molar-refractivity contribution is 6.32. The highest BCUT2D eigenvalue weighted by Gasteiger charge is 2.45. The number of rotatable bonds is 9. The van der Waals surface area contributed by atoms with Crippen LogP contribution in [-0.2, 0) is 21.4 Å². The molecule has 0 fully saturated rings. The minimum atomic E-state index is -1.27. The van der Waals surface area contributed by atoms with Gasteiger partial charge in [-0.25, -0.2) is 4.79 Å². The quantitative estimate of drug-likeness (QED) is 0.298. The molecule has 0 spiro atoms. The van der Waals surface area contributed by atoms with Crippen LogP contribution in [0.3, 0.4) is 0 Å². The van der Waals surface area contributed by atoms with Crippen molar-refractivity contribution in [2.45, 2.75) is 17.9 Å². The summed E-state index contributed by atoms with van der Waals surface area (Å²) in [4.78, 5) is 26.6. The van der Waals surface area contributed by atoms with E-state index in [4.69, 9.17) is 16.3 Å². The molecule has 4 rings (SSSR count). The van der Waals surface area contributed by atoms with Crippen molar-refractivity contribution in [2.24, 2.45) is 0 Å². The van der Waals surface area contributed by atoms with E-state index in [2.05, 4.69) is 5.32 Å². The van der Waals surface area contributed by atoms with E-state index in [1.54, 1.807) is 18.2 Å². The summed E-state index contributed by atoms with van der Waals surface area (Å²) in [6, 6.07) is 32.1. The van der Waals surface area contributed by atoms with E-state index >= 15 is 0 Å². The molecule has 5 nitrogen and oxygen atoms in total. The van der Waals surface area contributed by atoms with Crippen molar-refractivity contribution < 1.29 is 19.4 Å². The van der Waals surface area contributed by atoms with Crippen molar-refractivity contribution in [3.8, 4) is 5.75 Å². The van der Waals surface area contributed by atoms with Gasteiger partial charge in [-0.05, 0) is 34.4 Å². The highest BCUT2D eigenvalue weighted by atomic mass is 35.5. The first-order valence-electron chi connectivity index (χ1n) is 11.5. The normalized spacial score (nSPS) is 11.9. The van der Waals surface area contributed by atoms with Gasteiger partial charge in [0.15, 0.2) is 0 Å². The zero-order valence-corrected chi connectivity index (χ0v) is 20.5. The molecule has 0 aliphatic heterocycles. The molecule has 0 unspecified atom stereocenters. The summed E-state index contributed by atoms with van der Waals surface area (Å²) in [7, 11) is 1.51. The largest absolute Gasteiger partial charge is 0.495 e. The van der Waals surface area contributed by atoms with Gasteiger partial charge in [-0.2, -0.15) is 0 Å². The first-order chi connectivity index (χ1) is 17.5. The Labute approximate surface area is 215 Å². The van der Waals surface area contributed by atoms with Crippen LogP contribution in [0.1, 0.15) is 22.3 Å². The fraction of sp³-hybridized carbons (Fsp3) is 0.133. The summed E-state index contributed by atoms with van der Waals surface area (Å²) in [6.07, 6.45) is 0.0548. The van der Waals surface area contributed by atoms with Crippen LogP contribution in [0.5, 0.6) is 5.75 Å². The number of halogens is 1. The topological polar surface area (TPSA) is 75.6 Å². The maximum atomic E-state index is 14.3. The van der Waals surface area contributed by atoms with E-state index in [0.29, 0.717) is 16.3 Å². The zero-order chi connectivity index (χ0) is 25.5. The zero-order valence-electron chi connectivity index (χ0n) is 19.7. The highest BCUT2D eigenvalue weighted by Crippen LogP contribution is 2.39. The van der Waals surface area contributed by atoms with Crippen LogP contribution in [0, 0.1) is 0 Å². The molecule has 2 N–H and O–H groups in total. The predicted molar refractivity (Wildman–Crippen MR) is 140 cm³/mol. The monoisotopic (exact) mass is 499 g/mol. The third-order valence-corrected chi connectivity index (χ3v) is 6.52. The second-order valence-electron chi connectivity index (χ2n) is 8.39. The molecule has 0 radical (unpaired) electrons. The van der Waals surface area contributed by atoms with Crippen LogP contribution in [0.2, 0.25) is 5.02 Å². The van der Waals surface area contributed by atoms with Crippen LogP contribution in [0.15, 0.2) is 109 Å². The average Bonchev–Trinajstić information content (AvgIpc) is 2.91. The van der Waals surface area contributed by atoms with Crippen molar-refractivity contribution in [3.63, 3.8) is 0 Å². The van der Waals surface area contributed by atoms with Gasteiger partial charge in [-0.3, -0.25) is 4.79 Å². The van der Waals surface area contributed by atoms with Crippen molar-refractivity contribution in [2.75, 3.05) is 7.11 Å². The van der Waals surface area contributed by atoms with E-state index in [9.17, 15) is 14.7 Å². The van der Waals surface area contributed by atoms with Gasteiger partial charge in [0.2, 0.25) is 5.91 Å². The number of amides is 1. The Balaban J connectivity index is 1.81. The molecule has 1 amide bonds. The minimum Gasteiger partial charge on any atom is -0.495 e. The maximum absolute atomic E-state index is 14.3. The number of nitrogens with one attached hydrogen (secondary N) is 1. The molecule has 0 bridgehead atoms. The van der Waals surface area contributed by atoms with Gasteiger partial charge in [-0.1, -0.05) is 109 Å². The maximum Gasteiger partial charge on any atom is 0.326 e. The van der Waals surface area contributed by atoms with Gasteiger partial charge in [0.05, 0.1) is 12.1 Å². The van der Waals surface area contributed by atoms with Gasteiger partial charge in [-0.15, -0.1) is 0 Å². The van der Waals surface area contributed by atoms with Gasteiger partial charge >= 0.3 is 5.97 Å². The predicted octanol–water partition coefficient (Wildman–Crippen LogP) is 5.50. The van der Waals surface area contributed by atoms with Gasteiger partial charge in [0, 0.05) is 6.42 Å². The Hall–Kier alpha value is -4.09. The van der Waals surface area contributed by atoms with Crippen LogP contribution in [-0.4, -0.2) is 30.1 Å². The smallest absolute Gasteiger partial charge is 0.326 e. The molecular formula is C30H26ClNO4. The average molecular weight is 500 g/mol. The van der Waals surface area contributed by atoms with Crippen LogP contribution < -0.4 is 10.1 Å². The standard InChI is InChI=1S/C30H26ClNO4/c1-36-27-18-17-21(19-25(27)31)20-26(28(33)34)32-29(35)30(22-11-5-2-6-12-22,23-13-7-3-8-14-23)24-15-9-4-10-16-24/h2-19,26H,20H2,1H3,(H,32,35)(H,33,34)/t26-/m1/s1. The first kappa shape index (κ1) is 25.0. The summed E-state index contributed by atoms with van der Waals surface area (Å²) in [5, 5.41) is 13.3. The molecule has 0 aromatic heterocycles. The van der Waals surface area contributed by atoms with Gasteiger partial charge in [0.1, 0.15) is 17.2 Å². The number of benzene rings is 4. The van der Waals surface area contributed by atoms with Crippen molar-refractivity contribution >= 4 is 23.5 Å². The molecule has 1 atom stereocenters. The van der Waals surface area contributed by atoms with Crippen LogP contribution >= 0.6 is 11.6 Å². The van der Waals surface area contributed by atoms with Crippen molar-refractivity contribution in [3.05, 3.63) is 136 Å². The summed E-state index contributed by atoms with van der Waals surface area (Å²) in [6.45, 7) is 0. The second kappa shape index (κ2) is 11.1. The third kappa shape index (κ3) is 4.97. The molecule has 0 saturated heterocycles. The SMILES string of the molecule is COc1ccc(C[C@@H](NC(=O)C(c2ccccc2)(c2ccccc2)c2ccccc2)C(=O)O)cc1Cl. The number of hydrogen-bond donors (Lipinski definition) is 2. The Morgan fingerprint density at radius 3 is 1.69 bits per heavy atom. The molecular weight excluding hydrogens is 474 g/mol. The molecule has 0 aliphatic rings. The molecule has 0 saturated carbocycles. The molecule has 0 heterocycles. The summed E-state index contributed by atoms with van der Waals surface area (Å²) >= 11 is 6.25. The number of carboxylic acids is 1. The lowest BCUT2D eigenvalue weighted by Crippen LogP contribution is -2.52. The fourth-order valence-electron chi connectivity index (χ4n) is 4.50. The Morgan fingerprint density at radius 1 is 0.833 bits per heavy atom. The molecule has 182 valence electrons. The summed E-state index contributed by atoms with van der Waals surface area (Å²) in [5.41, 5.74) is 1.59. The van der Waals surface area contributed by atoms with E-state index < -0.39 is 23.3 Å². The lowest BCUT2D eigenvalue weighted by Gasteiger charge is -2.35. The van der Waals surface area contributed by atoms with Crippen molar-refractivity contribution in [1.82, 2.24) is 5.32 Å². The Morgan fingerprint density at radius 2 is 1.31 bits per heavy atom. The molecule has 36 heavy (non-hydrogen) atoms. The lowest BCUT2D eigenvalue weighted by atomic mass is 9.68. The number of carbonyl (C=O) groups excluding carboxylic acids is 1. The number of hydrogen-bond acceptors (Lipinski definition) is 3. The van der Waals surface area contributed by atoms with Crippen LogP contribution in [0.25, 0.3) is 0 Å². The van der Waals surface area contributed by atoms with Crippen LogP contribution in [0.4, 0.5) is 0 Å². The van der Waals surface area contributed by atoms with Crippen molar-refractivity contribution in [1.29, 1.82) is 0 Å². The molecule has 6 heteroatoms. The molecule has 4 aromatic carbocycles. The van der Waals surface area contributed by atoms with Gasteiger partial charge < -0.3 is 15.2 Å². The Kier molecular flexibility index (Phi) is 7.71. The van der Waals surface area contributed by atoms with E-state index in [0.717, 1.165) is 16.7 Å². The molecule has 4 aromatic rings. The fourth-order valence-corrected chi connectivity index (χ4v) is 4.78. The minimum absolute atomic E-state index is 0.0548.